The number of hydrogen-bond donors (Lipinski definition) is 0. The predicted molar refractivity (Wildman–Crippen MR) is 241 cm³/mol. The summed E-state index contributed by atoms with van der Waals surface area (Å²) < 4.78 is 0. The lowest BCUT2D eigenvalue weighted by atomic mass is 9.70. The van der Waals surface area contributed by atoms with Gasteiger partial charge in [0, 0.05) is 0 Å². The third-order valence-corrected chi connectivity index (χ3v) is 13.2. The Kier molecular flexibility index (Phi) is 6.19. The lowest BCUT2D eigenvalue weighted by Gasteiger charge is -2.31. The highest BCUT2D eigenvalue weighted by Crippen LogP contribution is 2.63. The van der Waals surface area contributed by atoms with Crippen molar-refractivity contribution < 1.29 is 0 Å². The molecule has 0 aromatic heterocycles. The molecular formula is C57H34. The second-order valence-electron chi connectivity index (χ2n) is 15.9. The van der Waals surface area contributed by atoms with Crippen molar-refractivity contribution in [3.8, 4) is 44.5 Å². The van der Waals surface area contributed by atoms with E-state index in [1.807, 2.05) is 0 Å². The van der Waals surface area contributed by atoms with Crippen molar-refractivity contribution in [2.45, 2.75) is 5.41 Å². The van der Waals surface area contributed by atoms with Crippen LogP contribution in [0.15, 0.2) is 206 Å². The summed E-state index contributed by atoms with van der Waals surface area (Å²) in [4.78, 5) is 0. The molecule has 57 heavy (non-hydrogen) atoms. The zero-order chi connectivity index (χ0) is 37.2. The molecule has 11 aromatic carbocycles. The van der Waals surface area contributed by atoms with Crippen LogP contribution < -0.4 is 0 Å². The largest absolute Gasteiger partial charge is 0.0725 e. The minimum Gasteiger partial charge on any atom is -0.0619 e. The van der Waals surface area contributed by atoms with E-state index in [4.69, 9.17) is 0 Å². The van der Waals surface area contributed by atoms with E-state index in [-0.39, 0.29) is 0 Å². The zero-order valence-corrected chi connectivity index (χ0v) is 31.1. The first kappa shape index (κ1) is 31.0. The van der Waals surface area contributed by atoms with E-state index in [2.05, 4.69) is 206 Å². The molecular weight excluding hydrogens is 685 g/mol. The van der Waals surface area contributed by atoms with Gasteiger partial charge in [-0.2, -0.15) is 0 Å². The predicted octanol–water partition coefficient (Wildman–Crippen LogP) is 15.1. The third-order valence-electron chi connectivity index (χ3n) is 13.2. The van der Waals surface area contributed by atoms with Gasteiger partial charge in [-0.05, 0) is 133 Å². The molecule has 0 radical (unpaired) electrons. The number of fused-ring (bicyclic) bond motifs is 17. The van der Waals surface area contributed by atoms with Crippen LogP contribution in [0.5, 0.6) is 0 Å². The van der Waals surface area contributed by atoms with E-state index >= 15 is 0 Å². The summed E-state index contributed by atoms with van der Waals surface area (Å²) in [5, 5.41) is 12.7. The molecule has 0 heteroatoms. The summed E-state index contributed by atoms with van der Waals surface area (Å²) >= 11 is 0. The van der Waals surface area contributed by atoms with Gasteiger partial charge in [-0.1, -0.05) is 194 Å². The van der Waals surface area contributed by atoms with Crippen LogP contribution in [-0.4, -0.2) is 0 Å². The molecule has 0 saturated heterocycles. The van der Waals surface area contributed by atoms with E-state index in [1.54, 1.807) is 0 Å². The van der Waals surface area contributed by atoms with Crippen LogP contribution in [0.4, 0.5) is 0 Å². The maximum atomic E-state index is 2.55. The van der Waals surface area contributed by atoms with Gasteiger partial charge in [-0.25, -0.2) is 0 Å². The van der Waals surface area contributed by atoms with Crippen LogP contribution >= 0.6 is 0 Å². The average Bonchev–Trinajstić information content (AvgIpc) is 3.75. The second kappa shape index (κ2) is 11.4. The van der Waals surface area contributed by atoms with Crippen LogP contribution in [0.3, 0.4) is 0 Å². The van der Waals surface area contributed by atoms with Gasteiger partial charge in [0.25, 0.3) is 0 Å². The Morgan fingerprint density at radius 2 is 0.684 bits per heavy atom. The van der Waals surface area contributed by atoms with E-state index < -0.39 is 5.41 Å². The molecule has 0 aliphatic heterocycles. The lowest BCUT2D eigenvalue weighted by Crippen LogP contribution is -2.25. The first-order valence-corrected chi connectivity index (χ1v) is 20.0. The Labute approximate surface area is 330 Å². The smallest absolute Gasteiger partial charge is 0.0619 e. The molecule has 262 valence electrons. The zero-order valence-electron chi connectivity index (χ0n) is 31.1. The Morgan fingerprint density at radius 3 is 1.35 bits per heavy atom. The number of hydrogen-bond acceptors (Lipinski definition) is 0. The fraction of sp³-hybridized carbons (Fsp3) is 0.0175. The van der Waals surface area contributed by atoms with Crippen molar-refractivity contribution in [3.63, 3.8) is 0 Å². The van der Waals surface area contributed by atoms with Gasteiger partial charge in [0.1, 0.15) is 0 Å². The van der Waals surface area contributed by atoms with Crippen LogP contribution in [0.2, 0.25) is 0 Å². The number of rotatable bonds is 2. The van der Waals surface area contributed by atoms with E-state index in [9.17, 15) is 0 Å². The SMILES string of the molecule is c1ccc2c(c1)-c1ccccc1C21c2ccccc2-c2ccc(-c3c4ccccc4c(-c4ccc5ccc6ccccc6c5c4)c4ccc5ccccc5c34)cc21. The maximum Gasteiger partial charge on any atom is 0.0725 e. The van der Waals surface area contributed by atoms with Gasteiger partial charge in [0.15, 0.2) is 0 Å². The van der Waals surface area contributed by atoms with Crippen molar-refractivity contribution >= 4 is 53.9 Å². The summed E-state index contributed by atoms with van der Waals surface area (Å²) in [5.74, 6) is 0. The van der Waals surface area contributed by atoms with Crippen molar-refractivity contribution in [1.29, 1.82) is 0 Å². The van der Waals surface area contributed by atoms with E-state index in [0.29, 0.717) is 0 Å². The van der Waals surface area contributed by atoms with Crippen LogP contribution in [-0.2, 0) is 5.41 Å². The van der Waals surface area contributed by atoms with Gasteiger partial charge in [-0.15, -0.1) is 0 Å². The normalized spacial score (nSPS) is 13.4. The first-order chi connectivity index (χ1) is 28.3. The van der Waals surface area contributed by atoms with Crippen molar-refractivity contribution in [2.24, 2.45) is 0 Å². The highest BCUT2D eigenvalue weighted by molar-refractivity contribution is 6.28. The molecule has 0 unspecified atom stereocenters. The van der Waals surface area contributed by atoms with Crippen LogP contribution in [0.1, 0.15) is 22.3 Å². The van der Waals surface area contributed by atoms with Crippen molar-refractivity contribution in [3.05, 3.63) is 229 Å². The minimum absolute atomic E-state index is 0.406. The molecule has 11 aromatic rings. The average molecular weight is 719 g/mol. The Hall–Kier alpha value is -7.28. The van der Waals surface area contributed by atoms with Crippen molar-refractivity contribution in [2.75, 3.05) is 0 Å². The van der Waals surface area contributed by atoms with Crippen molar-refractivity contribution in [1.82, 2.24) is 0 Å². The van der Waals surface area contributed by atoms with Crippen LogP contribution in [0.25, 0.3) is 98.4 Å². The molecule has 0 fully saturated rings. The monoisotopic (exact) mass is 718 g/mol. The molecule has 0 bridgehead atoms. The molecule has 2 aliphatic carbocycles. The molecule has 0 amide bonds. The quantitative estimate of drug-likeness (QED) is 0.123. The van der Waals surface area contributed by atoms with Gasteiger partial charge < -0.3 is 0 Å². The van der Waals surface area contributed by atoms with Crippen LogP contribution in [0, 0.1) is 0 Å². The summed E-state index contributed by atoms with van der Waals surface area (Å²) in [7, 11) is 0. The minimum atomic E-state index is -0.406. The molecule has 0 saturated carbocycles. The lowest BCUT2D eigenvalue weighted by molar-refractivity contribution is 0.794. The second-order valence-corrected chi connectivity index (χ2v) is 15.9. The Bertz CT molecular complexity index is 3460. The summed E-state index contributed by atoms with van der Waals surface area (Å²) in [5.41, 5.74) is 15.4. The number of benzene rings is 11. The van der Waals surface area contributed by atoms with Gasteiger partial charge >= 0.3 is 0 Å². The highest BCUT2D eigenvalue weighted by atomic mass is 14.5. The van der Waals surface area contributed by atoms with Gasteiger partial charge in [0.05, 0.1) is 5.41 Å². The van der Waals surface area contributed by atoms with E-state index in [1.165, 1.54) is 121 Å². The molecule has 0 atom stereocenters. The van der Waals surface area contributed by atoms with E-state index in [0.717, 1.165) is 0 Å². The fourth-order valence-electron chi connectivity index (χ4n) is 11.0. The molecule has 13 rings (SSSR count). The summed E-state index contributed by atoms with van der Waals surface area (Å²) in [6.45, 7) is 0. The molecule has 0 heterocycles. The summed E-state index contributed by atoms with van der Waals surface area (Å²) in [6.07, 6.45) is 0. The standard InChI is InChI=1S/C57H34/c1-3-15-40-35(13-1)25-26-37-27-28-38(33-49(37)40)54-46-20-5-6-21-47(46)55(56-41-16-4-2-14-36(41)29-32-48(54)56)39-30-31-45-44-19-9-12-24-52(44)57(53(45)34-39)50-22-10-7-17-42(50)43-18-8-11-23-51(43)57/h1-34H. The fourth-order valence-corrected chi connectivity index (χ4v) is 11.0. The molecule has 0 N–H and O–H groups in total. The molecule has 1 spiro atoms. The highest BCUT2D eigenvalue weighted by Gasteiger charge is 2.51. The Morgan fingerprint density at radius 1 is 0.246 bits per heavy atom. The molecule has 0 nitrogen and oxygen atoms in total. The van der Waals surface area contributed by atoms with Gasteiger partial charge in [-0.3, -0.25) is 0 Å². The topological polar surface area (TPSA) is 0 Å². The maximum absolute atomic E-state index is 2.55. The molecule has 2 aliphatic rings. The summed E-state index contributed by atoms with van der Waals surface area (Å²) in [6, 6.07) is 77.7. The Balaban J connectivity index is 1.16. The van der Waals surface area contributed by atoms with Gasteiger partial charge in [0.2, 0.25) is 0 Å². The first-order valence-electron chi connectivity index (χ1n) is 20.0. The third kappa shape index (κ3) is 4.02.